The first-order valence-electron chi connectivity index (χ1n) is 9.20. The van der Waals surface area contributed by atoms with Gasteiger partial charge in [0.15, 0.2) is 0 Å². The van der Waals surface area contributed by atoms with Gasteiger partial charge >= 0.3 is 0 Å². The van der Waals surface area contributed by atoms with Gasteiger partial charge in [0, 0.05) is 29.0 Å². The molecule has 0 saturated carbocycles. The van der Waals surface area contributed by atoms with Gasteiger partial charge in [-0.2, -0.15) is 5.10 Å². The van der Waals surface area contributed by atoms with Crippen LogP contribution in [0.5, 0.6) is 0 Å². The van der Waals surface area contributed by atoms with Crippen molar-refractivity contribution in [3.63, 3.8) is 0 Å². The lowest BCUT2D eigenvalue weighted by atomic mass is 10.2. The van der Waals surface area contributed by atoms with E-state index in [-0.39, 0.29) is 0 Å². The Morgan fingerprint density at radius 1 is 0.862 bits per heavy atom. The molecule has 1 aliphatic rings. The molecule has 0 aliphatic carbocycles. The van der Waals surface area contributed by atoms with Gasteiger partial charge in [-0.15, -0.1) is 0 Å². The fourth-order valence-corrected chi connectivity index (χ4v) is 4.47. The highest BCUT2D eigenvalue weighted by Crippen LogP contribution is 2.53. The van der Waals surface area contributed by atoms with E-state index in [4.69, 9.17) is 4.74 Å². The summed E-state index contributed by atoms with van der Waals surface area (Å²) in [6.45, 7) is 1.82. The van der Waals surface area contributed by atoms with Crippen molar-refractivity contribution in [3.05, 3.63) is 114 Å². The third-order valence-corrected chi connectivity index (χ3v) is 6.01. The minimum atomic E-state index is -3.15. The zero-order chi connectivity index (χ0) is 20.1. The highest BCUT2D eigenvalue weighted by molar-refractivity contribution is 7.68. The number of aromatic nitrogens is 1. The van der Waals surface area contributed by atoms with E-state index in [2.05, 4.69) is 15.3 Å². The molecule has 2 aromatic carbocycles. The van der Waals surface area contributed by atoms with Crippen LogP contribution in [0.25, 0.3) is 11.5 Å². The summed E-state index contributed by atoms with van der Waals surface area (Å²) >= 11 is 0. The Labute approximate surface area is 169 Å². The highest BCUT2D eigenvalue weighted by Gasteiger charge is 2.26. The van der Waals surface area contributed by atoms with Crippen LogP contribution in [0.4, 0.5) is 0 Å². The third kappa shape index (κ3) is 4.53. The second kappa shape index (κ2) is 8.29. The molecule has 0 atom stereocenters. The average molecular weight is 401 g/mol. The zero-order valence-electron chi connectivity index (χ0n) is 15.9. The number of rotatable bonds is 5. The van der Waals surface area contributed by atoms with Gasteiger partial charge in [-0.25, -0.2) is 0 Å². The number of pyridine rings is 1. The third-order valence-electron chi connectivity index (χ3n) is 4.36. The van der Waals surface area contributed by atoms with E-state index in [0.29, 0.717) is 17.2 Å². The van der Waals surface area contributed by atoms with Crippen LogP contribution < -0.4 is 5.20 Å². The lowest BCUT2D eigenvalue weighted by molar-refractivity contribution is 0.468. The molecule has 1 aliphatic heterocycles. The summed E-state index contributed by atoms with van der Waals surface area (Å²) in [5.41, 5.74) is 3.07. The van der Waals surface area contributed by atoms with Crippen molar-refractivity contribution >= 4 is 24.5 Å². The number of hydrogen-bond donors (Lipinski definition) is 1. The van der Waals surface area contributed by atoms with Gasteiger partial charge in [-0.3, -0.25) is 14.7 Å². The Morgan fingerprint density at radius 2 is 1.41 bits per heavy atom. The van der Waals surface area contributed by atoms with Crippen LogP contribution in [0.1, 0.15) is 23.7 Å². The second-order valence-electron chi connectivity index (χ2n) is 6.54. The Balaban J connectivity index is 1.71. The smallest absolute Gasteiger partial charge is 0.235 e. The molecule has 0 spiro atoms. The topological polar surface area (TPSA) is 63.6 Å². The van der Waals surface area contributed by atoms with Crippen LogP contribution >= 0.6 is 7.29 Å². The van der Waals surface area contributed by atoms with Gasteiger partial charge in [-0.05, 0) is 19.1 Å². The molecular formula is C23H20N3O2P. The Hall–Kier alpha value is -3.43. The van der Waals surface area contributed by atoms with Crippen molar-refractivity contribution < 1.29 is 9.30 Å². The molecular weight excluding hydrogens is 381 g/mol. The normalized spacial score (nSPS) is 15.7. The van der Waals surface area contributed by atoms with Crippen molar-refractivity contribution in [2.75, 3.05) is 0 Å². The van der Waals surface area contributed by atoms with Gasteiger partial charge in [0.1, 0.15) is 11.5 Å². The fraction of sp³-hybridized carbons (Fsp3) is 0.0435. The first kappa shape index (κ1) is 18.9. The number of nitrogens with one attached hydrogen (secondary N) is 1. The predicted molar refractivity (Wildman–Crippen MR) is 117 cm³/mol. The molecule has 2 heterocycles. The highest BCUT2D eigenvalue weighted by atomic mass is 31.2. The van der Waals surface area contributed by atoms with Crippen LogP contribution in [-0.4, -0.2) is 10.7 Å². The van der Waals surface area contributed by atoms with Crippen LogP contribution in [0.3, 0.4) is 0 Å². The standard InChI is InChI=1S/C23H20N3O2P/c1-18(21-14-8-9-15-24-21)25-26-29(27)16-22(19-10-4-2-5-11-19)28-23(17-29)20-12-6-3-7-13-20/h2-17H,1H3,(H,26,27)/b25-18+. The first-order valence-corrected chi connectivity index (χ1v) is 11.0. The molecule has 1 aromatic heterocycles. The van der Waals surface area contributed by atoms with Crippen molar-refractivity contribution in [1.82, 2.24) is 10.2 Å². The number of benzene rings is 2. The fourth-order valence-electron chi connectivity index (χ4n) is 2.87. The maximum atomic E-state index is 13.7. The van der Waals surface area contributed by atoms with Gasteiger partial charge in [-0.1, -0.05) is 66.7 Å². The van der Waals surface area contributed by atoms with E-state index in [1.807, 2.05) is 85.8 Å². The average Bonchev–Trinajstić information content (AvgIpc) is 2.79. The monoisotopic (exact) mass is 401 g/mol. The molecule has 144 valence electrons. The van der Waals surface area contributed by atoms with Gasteiger partial charge in [0.2, 0.25) is 7.29 Å². The second-order valence-corrected chi connectivity index (χ2v) is 8.68. The quantitative estimate of drug-likeness (QED) is 0.338. The molecule has 4 rings (SSSR count). The van der Waals surface area contributed by atoms with E-state index < -0.39 is 7.29 Å². The maximum Gasteiger partial charge on any atom is 0.235 e. The van der Waals surface area contributed by atoms with Crippen molar-refractivity contribution in [2.24, 2.45) is 5.10 Å². The molecule has 0 unspecified atom stereocenters. The summed E-state index contributed by atoms with van der Waals surface area (Å²) in [4.78, 5) is 4.27. The summed E-state index contributed by atoms with van der Waals surface area (Å²) in [5, 5.41) is 7.21. The van der Waals surface area contributed by atoms with E-state index in [9.17, 15) is 4.57 Å². The molecule has 0 fully saturated rings. The largest absolute Gasteiger partial charge is 0.456 e. The van der Waals surface area contributed by atoms with Gasteiger partial charge in [0.05, 0.1) is 11.4 Å². The van der Waals surface area contributed by atoms with Gasteiger partial charge < -0.3 is 4.74 Å². The van der Waals surface area contributed by atoms with E-state index >= 15 is 0 Å². The number of nitrogens with zero attached hydrogens (tertiary/aromatic N) is 2. The molecule has 3 aromatic rings. The number of hydrazone groups is 1. The van der Waals surface area contributed by atoms with Crippen LogP contribution in [0.15, 0.2) is 102 Å². The van der Waals surface area contributed by atoms with Crippen molar-refractivity contribution in [1.29, 1.82) is 0 Å². The van der Waals surface area contributed by atoms with Gasteiger partial charge in [0.25, 0.3) is 0 Å². The Kier molecular flexibility index (Phi) is 5.41. The molecule has 0 radical (unpaired) electrons. The molecule has 6 heteroatoms. The van der Waals surface area contributed by atoms with Crippen LogP contribution in [-0.2, 0) is 9.30 Å². The summed E-state index contributed by atoms with van der Waals surface area (Å²) in [6.07, 6.45) is 1.70. The lowest BCUT2D eigenvalue weighted by Crippen LogP contribution is -2.09. The molecule has 1 N–H and O–H groups in total. The SMILES string of the molecule is C/C(=N\NP1(=O)C=C(c2ccccc2)OC(c2ccccc2)=C1)c1ccccn1. The Morgan fingerprint density at radius 3 is 1.93 bits per heavy atom. The summed E-state index contributed by atoms with van der Waals surface area (Å²) in [7, 11) is -3.15. The Bertz CT molecular complexity index is 1070. The van der Waals surface area contributed by atoms with E-state index in [1.165, 1.54) is 0 Å². The minimum Gasteiger partial charge on any atom is -0.456 e. The maximum absolute atomic E-state index is 13.7. The summed E-state index contributed by atoms with van der Waals surface area (Å²) < 4.78 is 19.8. The molecule has 29 heavy (non-hydrogen) atoms. The van der Waals surface area contributed by atoms with E-state index in [1.54, 1.807) is 17.8 Å². The van der Waals surface area contributed by atoms with E-state index in [0.717, 1.165) is 16.8 Å². The zero-order valence-corrected chi connectivity index (χ0v) is 16.8. The van der Waals surface area contributed by atoms with Crippen LogP contribution in [0.2, 0.25) is 0 Å². The first-order chi connectivity index (χ1) is 14.1. The molecule has 0 amide bonds. The predicted octanol–water partition coefficient (Wildman–Crippen LogP) is 5.70. The van der Waals surface area contributed by atoms with Crippen LogP contribution in [0, 0.1) is 0 Å². The molecule has 0 bridgehead atoms. The minimum absolute atomic E-state index is 0.536. The molecule has 5 nitrogen and oxygen atoms in total. The molecule has 0 saturated heterocycles. The van der Waals surface area contributed by atoms with Crippen molar-refractivity contribution in [2.45, 2.75) is 6.92 Å². The summed E-state index contributed by atoms with van der Waals surface area (Å²) in [5.74, 6) is 4.30. The summed E-state index contributed by atoms with van der Waals surface area (Å²) in [6, 6.07) is 24.8. The lowest BCUT2D eigenvalue weighted by Gasteiger charge is -2.22. The number of hydrogen-bond acceptors (Lipinski definition) is 4. The number of ether oxygens (including phenoxy) is 1. The van der Waals surface area contributed by atoms with Crippen molar-refractivity contribution in [3.8, 4) is 0 Å².